The van der Waals surface area contributed by atoms with Crippen LogP contribution in [-0.4, -0.2) is 60.5 Å². The van der Waals surface area contributed by atoms with E-state index in [2.05, 4.69) is 4.90 Å². The van der Waals surface area contributed by atoms with E-state index in [-0.39, 0.29) is 18.0 Å². The summed E-state index contributed by atoms with van der Waals surface area (Å²) in [5.74, 6) is -0.0653. The Labute approximate surface area is 123 Å². The van der Waals surface area contributed by atoms with Crippen molar-refractivity contribution in [2.75, 3.05) is 32.7 Å². The van der Waals surface area contributed by atoms with Crippen LogP contribution in [0.1, 0.15) is 29.6 Å². The van der Waals surface area contributed by atoms with E-state index in [0.717, 1.165) is 39.0 Å². The van der Waals surface area contributed by atoms with Gasteiger partial charge in [-0.05, 0) is 18.9 Å². The Morgan fingerprint density at radius 2 is 2.19 bits per heavy atom. The number of carbonyl (C=O) groups excluding carboxylic acids is 2. The molecule has 1 aromatic rings. The maximum Gasteiger partial charge on any atom is 0.306 e. The van der Waals surface area contributed by atoms with Crippen molar-refractivity contribution in [3.05, 3.63) is 24.2 Å². The van der Waals surface area contributed by atoms with Gasteiger partial charge < -0.3 is 14.1 Å². The molecule has 2 aliphatic rings. The Bertz CT molecular complexity index is 500. The van der Waals surface area contributed by atoms with Gasteiger partial charge in [-0.1, -0.05) is 0 Å². The van der Waals surface area contributed by atoms with Crippen molar-refractivity contribution in [2.24, 2.45) is 0 Å². The zero-order valence-corrected chi connectivity index (χ0v) is 12.0. The molecule has 3 rings (SSSR count). The average molecular weight is 292 g/mol. The van der Waals surface area contributed by atoms with Gasteiger partial charge in [-0.25, -0.2) is 0 Å². The van der Waals surface area contributed by atoms with Crippen LogP contribution in [0, 0.1) is 0 Å². The number of esters is 1. The molecule has 0 radical (unpaired) electrons. The Morgan fingerprint density at radius 3 is 2.90 bits per heavy atom. The van der Waals surface area contributed by atoms with Crippen LogP contribution < -0.4 is 0 Å². The fourth-order valence-electron chi connectivity index (χ4n) is 2.92. The lowest BCUT2D eigenvalue weighted by molar-refractivity contribution is -0.141. The van der Waals surface area contributed by atoms with Gasteiger partial charge in [0, 0.05) is 39.1 Å². The summed E-state index contributed by atoms with van der Waals surface area (Å²) in [5.41, 5.74) is 0.605. The normalized spacial score (nSPS) is 23.9. The Morgan fingerprint density at radius 1 is 1.29 bits per heavy atom. The molecule has 0 aromatic carbocycles. The third-order valence-electron chi connectivity index (χ3n) is 4.07. The lowest BCUT2D eigenvalue weighted by atomic mass is 10.2. The second-order valence-corrected chi connectivity index (χ2v) is 5.61. The van der Waals surface area contributed by atoms with Gasteiger partial charge in [0.2, 0.25) is 0 Å². The molecule has 0 bridgehead atoms. The summed E-state index contributed by atoms with van der Waals surface area (Å²) in [4.78, 5) is 27.6. The van der Waals surface area contributed by atoms with Crippen LogP contribution in [0.5, 0.6) is 0 Å². The van der Waals surface area contributed by atoms with Gasteiger partial charge in [0.15, 0.2) is 0 Å². The highest BCUT2D eigenvalue weighted by atomic mass is 16.5. The van der Waals surface area contributed by atoms with Gasteiger partial charge in [0.25, 0.3) is 5.91 Å². The number of rotatable bonds is 3. The van der Waals surface area contributed by atoms with E-state index in [0.29, 0.717) is 18.5 Å². The molecule has 2 aliphatic heterocycles. The first-order valence-electron chi connectivity index (χ1n) is 7.45. The Hall–Kier alpha value is -1.82. The maximum atomic E-state index is 12.3. The van der Waals surface area contributed by atoms with Crippen molar-refractivity contribution in [1.82, 2.24) is 9.80 Å². The molecular weight excluding hydrogens is 272 g/mol. The first-order chi connectivity index (χ1) is 10.2. The molecular formula is C15H20N2O4. The molecule has 2 saturated heterocycles. The minimum absolute atomic E-state index is 0.0219. The van der Waals surface area contributed by atoms with Crippen LogP contribution in [0.25, 0.3) is 0 Å². The minimum atomic E-state index is -0.0911. The lowest BCUT2D eigenvalue weighted by Crippen LogP contribution is -2.37. The smallest absolute Gasteiger partial charge is 0.306 e. The highest BCUT2D eigenvalue weighted by molar-refractivity contribution is 5.93. The van der Waals surface area contributed by atoms with Crippen LogP contribution >= 0.6 is 0 Å². The second kappa shape index (κ2) is 6.30. The van der Waals surface area contributed by atoms with Gasteiger partial charge >= 0.3 is 5.97 Å². The first-order valence-corrected chi connectivity index (χ1v) is 7.45. The highest BCUT2D eigenvalue weighted by Crippen LogP contribution is 2.16. The number of nitrogens with zero attached hydrogens (tertiary/aromatic N) is 2. The molecule has 1 amide bonds. The zero-order valence-electron chi connectivity index (χ0n) is 12.0. The van der Waals surface area contributed by atoms with Gasteiger partial charge in [-0.15, -0.1) is 0 Å². The van der Waals surface area contributed by atoms with Gasteiger partial charge in [0.1, 0.15) is 12.4 Å². The molecule has 3 heterocycles. The fraction of sp³-hybridized carbons (Fsp3) is 0.600. The van der Waals surface area contributed by atoms with Crippen molar-refractivity contribution in [1.29, 1.82) is 0 Å². The second-order valence-electron chi connectivity index (χ2n) is 5.61. The van der Waals surface area contributed by atoms with E-state index in [1.165, 1.54) is 12.5 Å². The number of ether oxygens (including phenoxy) is 1. The molecule has 2 fully saturated rings. The minimum Gasteiger partial charge on any atom is -0.472 e. The Kier molecular flexibility index (Phi) is 4.24. The number of hydrogen-bond donors (Lipinski definition) is 0. The summed E-state index contributed by atoms with van der Waals surface area (Å²) < 4.78 is 10.2. The highest BCUT2D eigenvalue weighted by Gasteiger charge is 2.27. The zero-order chi connectivity index (χ0) is 14.7. The number of furan rings is 1. The van der Waals surface area contributed by atoms with Gasteiger partial charge in [-0.3, -0.25) is 14.5 Å². The van der Waals surface area contributed by atoms with E-state index in [1.54, 1.807) is 6.07 Å². The van der Waals surface area contributed by atoms with Gasteiger partial charge in [0.05, 0.1) is 11.8 Å². The standard InChI is InChI=1S/C15H20N2O4/c18-14-3-2-13(21-14)10-16-5-1-6-17(8-7-16)15(19)12-4-9-20-11-12/h4,9,11,13H,1-3,5-8,10H2/t13-/m1/s1. The summed E-state index contributed by atoms with van der Waals surface area (Å²) >= 11 is 0. The Balaban J connectivity index is 1.52. The molecule has 114 valence electrons. The molecule has 6 nitrogen and oxygen atoms in total. The molecule has 1 aromatic heterocycles. The molecule has 6 heteroatoms. The fourth-order valence-corrected chi connectivity index (χ4v) is 2.92. The quantitative estimate of drug-likeness (QED) is 0.782. The van der Waals surface area contributed by atoms with E-state index in [4.69, 9.17) is 9.15 Å². The van der Waals surface area contributed by atoms with E-state index < -0.39 is 0 Å². The summed E-state index contributed by atoms with van der Waals surface area (Å²) in [6, 6.07) is 1.70. The van der Waals surface area contributed by atoms with Gasteiger partial charge in [-0.2, -0.15) is 0 Å². The average Bonchev–Trinajstić information content (AvgIpc) is 3.08. The number of hydrogen-bond acceptors (Lipinski definition) is 5. The van der Waals surface area contributed by atoms with Crippen LogP contribution in [0.2, 0.25) is 0 Å². The summed E-state index contributed by atoms with van der Waals surface area (Å²) in [7, 11) is 0. The van der Waals surface area contributed by atoms with E-state index in [9.17, 15) is 9.59 Å². The first kappa shape index (κ1) is 14.1. The van der Waals surface area contributed by atoms with Crippen molar-refractivity contribution in [2.45, 2.75) is 25.4 Å². The van der Waals surface area contributed by atoms with Crippen molar-refractivity contribution >= 4 is 11.9 Å². The van der Waals surface area contributed by atoms with Crippen molar-refractivity contribution in [3.63, 3.8) is 0 Å². The van der Waals surface area contributed by atoms with Crippen LogP contribution in [0.4, 0.5) is 0 Å². The predicted molar refractivity (Wildman–Crippen MR) is 74.8 cm³/mol. The van der Waals surface area contributed by atoms with Crippen LogP contribution in [0.15, 0.2) is 23.0 Å². The molecule has 0 aliphatic carbocycles. The number of carbonyl (C=O) groups is 2. The summed E-state index contributed by atoms with van der Waals surface area (Å²) in [5, 5.41) is 0. The third-order valence-corrected chi connectivity index (χ3v) is 4.07. The number of amides is 1. The lowest BCUT2D eigenvalue weighted by Gasteiger charge is -2.23. The molecule has 0 N–H and O–H groups in total. The molecule has 21 heavy (non-hydrogen) atoms. The van der Waals surface area contributed by atoms with Crippen molar-refractivity contribution in [3.8, 4) is 0 Å². The third kappa shape index (κ3) is 3.44. The molecule has 1 atom stereocenters. The van der Waals surface area contributed by atoms with Crippen LogP contribution in [-0.2, 0) is 9.53 Å². The van der Waals surface area contributed by atoms with Crippen molar-refractivity contribution < 1.29 is 18.7 Å². The monoisotopic (exact) mass is 292 g/mol. The molecule has 0 unspecified atom stereocenters. The topological polar surface area (TPSA) is 63.0 Å². The predicted octanol–water partition coefficient (Wildman–Crippen LogP) is 1.13. The number of cyclic esters (lactones) is 1. The molecule has 0 saturated carbocycles. The van der Waals surface area contributed by atoms with E-state index >= 15 is 0 Å². The molecule has 0 spiro atoms. The van der Waals surface area contributed by atoms with E-state index in [1.807, 2.05) is 4.90 Å². The largest absolute Gasteiger partial charge is 0.472 e. The summed E-state index contributed by atoms with van der Waals surface area (Å²) in [6.07, 6.45) is 5.31. The maximum absolute atomic E-state index is 12.3. The SMILES string of the molecule is O=C1CC[C@H](CN2CCCN(C(=O)c3ccoc3)CC2)O1. The van der Waals surface area contributed by atoms with Crippen LogP contribution in [0.3, 0.4) is 0 Å². The summed E-state index contributed by atoms with van der Waals surface area (Å²) in [6.45, 7) is 3.98.